The fraction of sp³-hybridized carbons (Fsp3) is 0.353. The van der Waals surface area contributed by atoms with Crippen LogP contribution in [0.5, 0.6) is 5.75 Å². The number of carbonyl (C=O) groups excluding carboxylic acids is 3. The first kappa shape index (κ1) is 18.3. The van der Waals surface area contributed by atoms with E-state index >= 15 is 0 Å². The summed E-state index contributed by atoms with van der Waals surface area (Å²) in [6, 6.07) is 5.30. The molecule has 0 saturated heterocycles. The minimum Gasteiger partial charge on any atom is -0.497 e. The molecule has 1 heterocycles. The number of nitrogens with one attached hydrogen (secondary N) is 2. The molecule has 1 aromatic carbocycles. The highest BCUT2D eigenvalue weighted by Crippen LogP contribution is 2.29. The van der Waals surface area contributed by atoms with Crippen molar-refractivity contribution in [3.8, 4) is 5.75 Å². The van der Waals surface area contributed by atoms with Crippen LogP contribution in [0, 0.1) is 0 Å². The van der Waals surface area contributed by atoms with Crippen LogP contribution in [0.1, 0.15) is 25.5 Å². The zero-order valence-electron chi connectivity index (χ0n) is 14.3. The normalized spacial score (nSPS) is 16.6. The Morgan fingerprint density at radius 1 is 1.04 bits per heavy atom. The molecule has 8 nitrogen and oxygen atoms in total. The van der Waals surface area contributed by atoms with Gasteiger partial charge in [0.2, 0.25) is 0 Å². The van der Waals surface area contributed by atoms with Crippen LogP contribution in [-0.4, -0.2) is 38.3 Å². The van der Waals surface area contributed by atoms with Crippen molar-refractivity contribution in [3.63, 3.8) is 0 Å². The standard InChI is InChI=1S/C17H20N2O6/c1-4-24-15(20)12-13(10-6-8-11(23-3)9-7-10)18-17(22)19-14(12)16(21)25-5-2/h6-9,13H,4-5H2,1-3H3,(H2,18,19,22)/t13-/m0/s1. The Balaban J connectivity index is 2.52. The summed E-state index contributed by atoms with van der Waals surface area (Å²) in [5.41, 5.74) is 0.371. The number of ether oxygens (including phenoxy) is 3. The molecule has 1 atom stereocenters. The van der Waals surface area contributed by atoms with Crippen LogP contribution in [0.25, 0.3) is 0 Å². The SMILES string of the molecule is CCOC(=O)C1=C(C(=O)OCC)[C@H](c2ccc(OC)cc2)NC(=O)N1. The molecule has 8 heteroatoms. The first-order valence-corrected chi connectivity index (χ1v) is 7.81. The number of hydrogen-bond acceptors (Lipinski definition) is 6. The first-order valence-electron chi connectivity index (χ1n) is 7.81. The number of urea groups is 1. The number of methoxy groups -OCH3 is 1. The minimum absolute atomic E-state index is 0.00920. The van der Waals surface area contributed by atoms with Gasteiger partial charge in [-0.2, -0.15) is 0 Å². The van der Waals surface area contributed by atoms with E-state index in [9.17, 15) is 14.4 Å². The molecule has 0 fully saturated rings. The van der Waals surface area contributed by atoms with Gasteiger partial charge in [-0.25, -0.2) is 14.4 Å². The zero-order chi connectivity index (χ0) is 18.4. The van der Waals surface area contributed by atoms with Gasteiger partial charge in [0.15, 0.2) is 0 Å². The summed E-state index contributed by atoms with van der Waals surface area (Å²) in [5.74, 6) is -0.880. The fourth-order valence-electron chi connectivity index (χ4n) is 2.40. The molecule has 134 valence electrons. The van der Waals surface area contributed by atoms with Gasteiger partial charge in [-0.1, -0.05) is 12.1 Å². The molecule has 1 aliphatic heterocycles. The largest absolute Gasteiger partial charge is 0.497 e. The highest BCUT2D eigenvalue weighted by Gasteiger charge is 2.37. The average Bonchev–Trinajstić information content (AvgIpc) is 2.61. The van der Waals surface area contributed by atoms with Crippen molar-refractivity contribution >= 4 is 18.0 Å². The summed E-state index contributed by atoms with van der Waals surface area (Å²) in [5, 5.41) is 4.97. The Labute approximate surface area is 145 Å². The van der Waals surface area contributed by atoms with Crippen molar-refractivity contribution in [1.29, 1.82) is 0 Å². The summed E-state index contributed by atoms with van der Waals surface area (Å²) >= 11 is 0. The van der Waals surface area contributed by atoms with E-state index in [4.69, 9.17) is 14.2 Å². The third-order valence-corrected chi connectivity index (χ3v) is 3.50. The van der Waals surface area contributed by atoms with E-state index in [-0.39, 0.29) is 24.5 Å². The Hall–Kier alpha value is -3.03. The zero-order valence-corrected chi connectivity index (χ0v) is 14.3. The second-order valence-corrected chi connectivity index (χ2v) is 5.03. The molecule has 25 heavy (non-hydrogen) atoms. The number of esters is 2. The monoisotopic (exact) mass is 348 g/mol. The maximum Gasteiger partial charge on any atom is 0.355 e. The molecule has 2 amide bonds. The molecule has 1 aliphatic rings. The smallest absolute Gasteiger partial charge is 0.355 e. The molecule has 2 rings (SSSR count). The number of hydrogen-bond donors (Lipinski definition) is 2. The Morgan fingerprint density at radius 2 is 1.64 bits per heavy atom. The molecule has 0 spiro atoms. The van der Waals surface area contributed by atoms with Crippen LogP contribution < -0.4 is 15.4 Å². The quantitative estimate of drug-likeness (QED) is 0.754. The van der Waals surface area contributed by atoms with Crippen molar-refractivity contribution in [3.05, 3.63) is 41.1 Å². The topological polar surface area (TPSA) is 103 Å². The lowest BCUT2D eigenvalue weighted by Gasteiger charge is -2.28. The predicted molar refractivity (Wildman–Crippen MR) is 87.7 cm³/mol. The molecule has 1 aromatic rings. The van der Waals surface area contributed by atoms with Gasteiger partial charge < -0.3 is 24.8 Å². The predicted octanol–water partition coefficient (Wildman–Crippen LogP) is 1.43. The summed E-state index contributed by atoms with van der Waals surface area (Å²) < 4.78 is 15.1. The lowest BCUT2D eigenvalue weighted by atomic mass is 9.95. The van der Waals surface area contributed by atoms with Crippen LogP contribution in [-0.2, 0) is 19.1 Å². The molecule has 2 N–H and O–H groups in total. The van der Waals surface area contributed by atoms with Crippen molar-refractivity contribution in [1.82, 2.24) is 10.6 Å². The molecular formula is C17H20N2O6. The summed E-state index contributed by atoms with van der Waals surface area (Å²) in [4.78, 5) is 36.6. The number of carbonyl (C=O) groups is 3. The van der Waals surface area contributed by atoms with Gasteiger partial charge in [0.05, 0.1) is 31.9 Å². The fourth-order valence-corrected chi connectivity index (χ4v) is 2.40. The molecule has 0 aliphatic carbocycles. The van der Waals surface area contributed by atoms with E-state index in [1.54, 1.807) is 38.1 Å². The van der Waals surface area contributed by atoms with Gasteiger partial charge >= 0.3 is 18.0 Å². The first-order chi connectivity index (χ1) is 12.0. The highest BCUT2D eigenvalue weighted by atomic mass is 16.5. The Morgan fingerprint density at radius 3 is 2.20 bits per heavy atom. The van der Waals surface area contributed by atoms with Gasteiger partial charge in [0.1, 0.15) is 11.4 Å². The highest BCUT2D eigenvalue weighted by molar-refractivity contribution is 6.05. The van der Waals surface area contributed by atoms with E-state index < -0.39 is 24.0 Å². The lowest BCUT2D eigenvalue weighted by Crippen LogP contribution is -2.48. The summed E-state index contributed by atoms with van der Waals surface area (Å²) in [6.07, 6.45) is 0. The second-order valence-electron chi connectivity index (χ2n) is 5.03. The van der Waals surface area contributed by atoms with Crippen molar-refractivity contribution in [2.75, 3.05) is 20.3 Å². The summed E-state index contributed by atoms with van der Waals surface area (Å²) in [7, 11) is 1.53. The van der Waals surface area contributed by atoms with E-state index in [2.05, 4.69) is 10.6 Å². The molecule has 0 aromatic heterocycles. The number of amides is 2. The van der Waals surface area contributed by atoms with Crippen molar-refractivity contribution < 1.29 is 28.6 Å². The summed E-state index contributed by atoms with van der Waals surface area (Å²) in [6.45, 7) is 3.52. The molecular weight excluding hydrogens is 328 g/mol. The molecule has 0 radical (unpaired) electrons. The Kier molecular flexibility index (Phi) is 5.99. The van der Waals surface area contributed by atoms with Gasteiger partial charge in [0, 0.05) is 0 Å². The lowest BCUT2D eigenvalue weighted by molar-refractivity contribution is -0.142. The van der Waals surface area contributed by atoms with Gasteiger partial charge in [0.25, 0.3) is 0 Å². The van der Waals surface area contributed by atoms with Crippen molar-refractivity contribution in [2.24, 2.45) is 0 Å². The van der Waals surface area contributed by atoms with E-state index in [0.717, 1.165) is 0 Å². The maximum absolute atomic E-state index is 12.4. The number of rotatable bonds is 6. The molecule has 0 unspecified atom stereocenters. The molecule has 0 bridgehead atoms. The second kappa shape index (κ2) is 8.18. The van der Waals surface area contributed by atoms with Crippen LogP contribution in [0.2, 0.25) is 0 Å². The third kappa shape index (κ3) is 4.09. The van der Waals surface area contributed by atoms with E-state index in [0.29, 0.717) is 11.3 Å². The van der Waals surface area contributed by atoms with Gasteiger partial charge in [-0.3, -0.25) is 0 Å². The van der Waals surface area contributed by atoms with E-state index in [1.807, 2.05) is 0 Å². The van der Waals surface area contributed by atoms with Crippen molar-refractivity contribution in [2.45, 2.75) is 19.9 Å². The minimum atomic E-state index is -0.849. The number of benzene rings is 1. The Bertz CT molecular complexity index is 696. The van der Waals surface area contributed by atoms with Crippen LogP contribution >= 0.6 is 0 Å². The van der Waals surface area contributed by atoms with Crippen LogP contribution in [0.4, 0.5) is 4.79 Å². The molecule has 0 saturated carbocycles. The van der Waals surface area contributed by atoms with Gasteiger partial charge in [-0.05, 0) is 31.5 Å². The van der Waals surface area contributed by atoms with Gasteiger partial charge in [-0.15, -0.1) is 0 Å². The van der Waals surface area contributed by atoms with Crippen LogP contribution in [0.15, 0.2) is 35.5 Å². The van der Waals surface area contributed by atoms with E-state index in [1.165, 1.54) is 7.11 Å². The average molecular weight is 348 g/mol. The maximum atomic E-state index is 12.4. The van der Waals surface area contributed by atoms with Crippen LogP contribution in [0.3, 0.4) is 0 Å². The third-order valence-electron chi connectivity index (χ3n) is 3.50.